The number of rotatable bonds is 14. The molecule has 1 saturated heterocycles. The van der Waals surface area contributed by atoms with Gasteiger partial charge in [0.25, 0.3) is 0 Å². The van der Waals surface area contributed by atoms with Gasteiger partial charge in [-0.1, -0.05) is 39.5 Å². The molecular weight excluding hydrogens is 440 g/mol. The minimum absolute atomic E-state index is 0. The third-order valence-corrected chi connectivity index (χ3v) is 6.02. The van der Waals surface area contributed by atoms with Crippen LogP contribution in [0, 0.1) is 0 Å². The summed E-state index contributed by atoms with van der Waals surface area (Å²) in [4.78, 5) is 0. The normalized spacial score (nSPS) is 17.0. The SMILES string of the molecule is CCCCCOP(=O)(OCCCCC)OCC[N+]1(C)CCCC1.I. The number of nitrogens with zero attached hydrogens (tertiary/aromatic N) is 1. The summed E-state index contributed by atoms with van der Waals surface area (Å²) in [6, 6.07) is 0. The third kappa shape index (κ3) is 10.7. The van der Waals surface area contributed by atoms with Crippen LogP contribution in [0.5, 0.6) is 0 Å². The molecule has 0 aromatic heterocycles. The highest BCUT2D eigenvalue weighted by atomic mass is 127. The van der Waals surface area contributed by atoms with Gasteiger partial charge in [0.15, 0.2) is 0 Å². The van der Waals surface area contributed by atoms with Gasteiger partial charge in [-0.3, -0.25) is 13.6 Å². The Bertz CT molecular complexity index is 335. The number of halogens is 1. The molecule has 1 rings (SSSR count). The maximum Gasteiger partial charge on any atom is 0.474 e. The van der Waals surface area contributed by atoms with Crippen LogP contribution in [-0.4, -0.2) is 51.0 Å². The van der Waals surface area contributed by atoms with Crippen LogP contribution in [0.15, 0.2) is 0 Å². The van der Waals surface area contributed by atoms with E-state index in [1.807, 2.05) is 0 Å². The summed E-state index contributed by atoms with van der Waals surface area (Å²) in [5.41, 5.74) is 0. The van der Waals surface area contributed by atoms with E-state index in [0.717, 1.165) is 49.6 Å². The highest BCUT2D eigenvalue weighted by Gasteiger charge is 2.30. The molecule has 0 aliphatic carbocycles. The van der Waals surface area contributed by atoms with Crippen LogP contribution in [0.1, 0.15) is 65.2 Å². The summed E-state index contributed by atoms with van der Waals surface area (Å²) >= 11 is 0. The molecule has 0 atom stereocenters. The van der Waals surface area contributed by atoms with Crippen LogP contribution in [0.3, 0.4) is 0 Å². The molecule has 0 saturated carbocycles. The van der Waals surface area contributed by atoms with E-state index in [-0.39, 0.29) is 24.0 Å². The Morgan fingerprint density at radius 1 is 0.833 bits per heavy atom. The standard InChI is InChI=1S/C17H37NO4P.HI/c1-4-6-10-15-20-23(19,21-16-11-7-5-2)22-17-14-18(3)12-8-9-13-18;/h4-17H2,1-3H3;1H/q+1;. The first-order valence-corrected chi connectivity index (χ1v) is 10.9. The smallest absolute Gasteiger partial charge is 0.324 e. The van der Waals surface area contributed by atoms with E-state index in [1.165, 1.54) is 25.9 Å². The quantitative estimate of drug-likeness (QED) is 0.146. The van der Waals surface area contributed by atoms with Gasteiger partial charge in [0.1, 0.15) is 13.2 Å². The van der Waals surface area contributed by atoms with Gasteiger partial charge in [0.2, 0.25) is 0 Å². The fourth-order valence-corrected chi connectivity index (χ4v) is 4.10. The summed E-state index contributed by atoms with van der Waals surface area (Å²) in [6.07, 6.45) is 8.72. The van der Waals surface area contributed by atoms with Crippen molar-refractivity contribution in [1.82, 2.24) is 0 Å². The second-order valence-corrected chi connectivity index (χ2v) is 8.53. The van der Waals surface area contributed by atoms with E-state index in [9.17, 15) is 4.57 Å². The van der Waals surface area contributed by atoms with E-state index in [2.05, 4.69) is 20.9 Å². The van der Waals surface area contributed by atoms with Gasteiger partial charge in [-0.25, -0.2) is 4.57 Å². The molecule has 1 heterocycles. The third-order valence-electron chi connectivity index (χ3n) is 4.52. The number of unbranched alkanes of at least 4 members (excludes halogenated alkanes) is 4. The van der Waals surface area contributed by atoms with E-state index in [0.29, 0.717) is 19.8 Å². The van der Waals surface area contributed by atoms with Gasteiger partial charge in [0.05, 0.1) is 33.4 Å². The Balaban J connectivity index is 0.00000529. The summed E-state index contributed by atoms with van der Waals surface area (Å²) in [5.74, 6) is 0. The molecule has 0 aromatic carbocycles. The van der Waals surface area contributed by atoms with Crippen LogP contribution in [0.25, 0.3) is 0 Å². The number of hydrogen-bond donors (Lipinski definition) is 0. The van der Waals surface area contributed by atoms with Crippen molar-refractivity contribution >= 4 is 31.8 Å². The first kappa shape index (κ1) is 24.8. The molecule has 0 radical (unpaired) electrons. The van der Waals surface area contributed by atoms with E-state index in [1.54, 1.807) is 0 Å². The summed E-state index contributed by atoms with van der Waals surface area (Å²) in [5, 5.41) is 0. The number of hydrogen-bond acceptors (Lipinski definition) is 4. The molecule has 1 aliphatic heterocycles. The summed E-state index contributed by atoms with van der Waals surface area (Å²) in [7, 11) is -1.15. The molecule has 7 heteroatoms. The van der Waals surface area contributed by atoms with Gasteiger partial charge in [-0.15, -0.1) is 24.0 Å². The van der Waals surface area contributed by atoms with Crippen LogP contribution in [0.2, 0.25) is 0 Å². The highest BCUT2D eigenvalue weighted by molar-refractivity contribution is 14.0. The molecule has 1 fully saturated rings. The second-order valence-electron chi connectivity index (χ2n) is 6.86. The maximum absolute atomic E-state index is 12.7. The summed E-state index contributed by atoms with van der Waals surface area (Å²) < 4.78 is 30.4. The number of likely N-dealkylation sites (tertiary alicyclic amines) is 1. The van der Waals surface area contributed by atoms with E-state index in [4.69, 9.17) is 13.6 Å². The molecule has 0 bridgehead atoms. The van der Waals surface area contributed by atoms with Crippen molar-refractivity contribution in [2.24, 2.45) is 0 Å². The van der Waals surface area contributed by atoms with Crippen molar-refractivity contribution < 1.29 is 22.6 Å². The average molecular weight is 478 g/mol. The second kappa shape index (κ2) is 13.9. The number of phosphoric acid groups is 1. The molecule has 0 unspecified atom stereocenters. The Hall–Kier alpha value is 0.800. The van der Waals surface area contributed by atoms with Crippen molar-refractivity contribution in [3.8, 4) is 0 Å². The zero-order valence-electron chi connectivity index (χ0n) is 15.8. The average Bonchev–Trinajstić information content (AvgIpc) is 2.95. The number of quaternary nitrogens is 1. The molecule has 0 N–H and O–H groups in total. The zero-order chi connectivity index (χ0) is 17.0. The van der Waals surface area contributed by atoms with Crippen molar-refractivity contribution in [1.29, 1.82) is 0 Å². The molecule has 0 amide bonds. The fraction of sp³-hybridized carbons (Fsp3) is 1.00. The lowest BCUT2D eigenvalue weighted by atomic mass is 10.3. The van der Waals surface area contributed by atoms with Gasteiger partial charge in [0, 0.05) is 12.8 Å². The maximum atomic E-state index is 12.7. The van der Waals surface area contributed by atoms with Gasteiger partial charge < -0.3 is 4.48 Å². The Morgan fingerprint density at radius 3 is 1.75 bits per heavy atom. The van der Waals surface area contributed by atoms with Crippen molar-refractivity contribution in [2.75, 3.05) is 46.5 Å². The number of likely N-dealkylation sites (N-methyl/N-ethyl adjacent to an activating group) is 1. The number of phosphoric ester groups is 1. The zero-order valence-corrected chi connectivity index (χ0v) is 19.1. The van der Waals surface area contributed by atoms with E-state index >= 15 is 0 Å². The molecule has 24 heavy (non-hydrogen) atoms. The molecular formula is C17H38INO4P+. The summed E-state index contributed by atoms with van der Waals surface area (Å²) in [6.45, 7) is 8.85. The first-order chi connectivity index (χ1) is 11.0. The van der Waals surface area contributed by atoms with Crippen molar-refractivity contribution in [3.05, 3.63) is 0 Å². The highest BCUT2D eigenvalue weighted by Crippen LogP contribution is 2.49. The minimum atomic E-state index is -3.40. The monoisotopic (exact) mass is 478 g/mol. The van der Waals surface area contributed by atoms with Crippen molar-refractivity contribution in [3.63, 3.8) is 0 Å². The topological polar surface area (TPSA) is 44.8 Å². The van der Waals surface area contributed by atoms with Crippen LogP contribution in [-0.2, 0) is 18.1 Å². The molecule has 5 nitrogen and oxygen atoms in total. The lowest BCUT2D eigenvalue weighted by Gasteiger charge is -2.29. The predicted molar refractivity (Wildman–Crippen MR) is 110 cm³/mol. The molecule has 146 valence electrons. The Kier molecular flexibility index (Phi) is 14.4. The van der Waals surface area contributed by atoms with Crippen LogP contribution >= 0.6 is 31.8 Å². The van der Waals surface area contributed by atoms with Gasteiger partial charge in [-0.2, -0.15) is 0 Å². The molecule has 0 spiro atoms. The Morgan fingerprint density at radius 2 is 1.29 bits per heavy atom. The lowest BCUT2D eigenvalue weighted by molar-refractivity contribution is -0.897. The predicted octanol–water partition coefficient (Wildman–Crippen LogP) is 5.38. The van der Waals surface area contributed by atoms with Crippen LogP contribution in [0.4, 0.5) is 0 Å². The van der Waals surface area contributed by atoms with Gasteiger partial charge >= 0.3 is 7.82 Å². The van der Waals surface area contributed by atoms with Gasteiger partial charge in [-0.05, 0) is 12.8 Å². The van der Waals surface area contributed by atoms with Crippen molar-refractivity contribution in [2.45, 2.75) is 65.2 Å². The minimum Gasteiger partial charge on any atom is -0.324 e. The Labute approximate surface area is 166 Å². The lowest BCUT2D eigenvalue weighted by Crippen LogP contribution is -2.43. The molecule has 0 aromatic rings. The van der Waals surface area contributed by atoms with Crippen LogP contribution < -0.4 is 0 Å². The largest absolute Gasteiger partial charge is 0.474 e. The fourth-order valence-electron chi connectivity index (χ4n) is 2.86. The molecule has 1 aliphatic rings. The first-order valence-electron chi connectivity index (χ1n) is 9.41. The van der Waals surface area contributed by atoms with E-state index < -0.39 is 7.82 Å².